The number of aromatic nitrogens is 3. The summed E-state index contributed by atoms with van der Waals surface area (Å²) in [6, 6.07) is 8.88. The van der Waals surface area contributed by atoms with E-state index in [0.29, 0.717) is 31.4 Å². The number of hydrogen-bond acceptors (Lipinski definition) is 6. The molecule has 10 heteroatoms. The van der Waals surface area contributed by atoms with Crippen LogP contribution in [0.1, 0.15) is 30.5 Å². The van der Waals surface area contributed by atoms with E-state index in [1.807, 2.05) is 18.2 Å². The summed E-state index contributed by atoms with van der Waals surface area (Å²) in [5, 5.41) is 0. The van der Waals surface area contributed by atoms with Crippen LogP contribution in [0.2, 0.25) is 0 Å². The standard InChI is InChI=1S/C21H24N4O4S2/c1-24(31(28,29)19-11-10-18(30-19)16-8-4-5-12-22-16)13-6-14-25-17-9-3-2-7-15(17)20(26)23-21(25)27/h4-5,8,10-12H,2-3,6-7,9,13-14H2,1H3,(H,23,26,27). The summed E-state index contributed by atoms with van der Waals surface area (Å²) in [6.07, 6.45) is 5.40. The Morgan fingerprint density at radius 3 is 2.74 bits per heavy atom. The quantitative estimate of drug-likeness (QED) is 0.582. The largest absolute Gasteiger partial charge is 0.328 e. The normalized spacial score (nSPS) is 14.0. The van der Waals surface area contributed by atoms with E-state index in [1.54, 1.807) is 29.9 Å². The van der Waals surface area contributed by atoms with Gasteiger partial charge in [0, 0.05) is 37.6 Å². The minimum atomic E-state index is -3.64. The van der Waals surface area contributed by atoms with Crippen molar-refractivity contribution in [3.05, 3.63) is 68.6 Å². The zero-order valence-corrected chi connectivity index (χ0v) is 18.8. The summed E-state index contributed by atoms with van der Waals surface area (Å²) in [7, 11) is -2.09. The summed E-state index contributed by atoms with van der Waals surface area (Å²) in [4.78, 5) is 31.8. The zero-order valence-electron chi connectivity index (χ0n) is 17.2. The molecule has 1 aliphatic carbocycles. The first-order valence-electron chi connectivity index (χ1n) is 10.2. The van der Waals surface area contributed by atoms with Crippen molar-refractivity contribution < 1.29 is 8.42 Å². The van der Waals surface area contributed by atoms with E-state index in [2.05, 4.69) is 9.97 Å². The van der Waals surface area contributed by atoms with Gasteiger partial charge >= 0.3 is 5.69 Å². The van der Waals surface area contributed by atoms with Gasteiger partial charge in [-0.2, -0.15) is 0 Å². The van der Waals surface area contributed by atoms with E-state index in [1.165, 1.54) is 15.6 Å². The molecule has 31 heavy (non-hydrogen) atoms. The van der Waals surface area contributed by atoms with Gasteiger partial charge in [0.1, 0.15) is 4.21 Å². The van der Waals surface area contributed by atoms with E-state index in [0.717, 1.165) is 29.1 Å². The van der Waals surface area contributed by atoms with Crippen molar-refractivity contribution >= 4 is 21.4 Å². The molecular weight excluding hydrogens is 436 g/mol. The van der Waals surface area contributed by atoms with Gasteiger partial charge in [-0.25, -0.2) is 17.5 Å². The molecule has 0 unspecified atom stereocenters. The summed E-state index contributed by atoms with van der Waals surface area (Å²) in [5.41, 5.74) is 1.50. The Hall–Kier alpha value is -2.56. The Morgan fingerprint density at radius 2 is 1.97 bits per heavy atom. The third-order valence-electron chi connectivity index (χ3n) is 5.52. The van der Waals surface area contributed by atoms with Gasteiger partial charge in [-0.3, -0.25) is 19.3 Å². The molecule has 0 radical (unpaired) electrons. The highest BCUT2D eigenvalue weighted by Gasteiger charge is 2.24. The van der Waals surface area contributed by atoms with Crippen molar-refractivity contribution in [2.75, 3.05) is 13.6 Å². The van der Waals surface area contributed by atoms with Gasteiger partial charge < -0.3 is 0 Å². The number of thiophene rings is 1. The number of fused-ring (bicyclic) bond motifs is 1. The van der Waals surface area contributed by atoms with Crippen molar-refractivity contribution in [1.29, 1.82) is 0 Å². The first kappa shape index (κ1) is 21.7. The highest BCUT2D eigenvalue weighted by atomic mass is 32.2. The molecule has 164 valence electrons. The molecule has 8 nitrogen and oxygen atoms in total. The maximum atomic E-state index is 13.0. The molecule has 0 fully saturated rings. The number of nitrogens with zero attached hydrogens (tertiary/aromatic N) is 3. The van der Waals surface area contributed by atoms with Crippen molar-refractivity contribution in [3.63, 3.8) is 0 Å². The topological polar surface area (TPSA) is 105 Å². The van der Waals surface area contributed by atoms with Gasteiger partial charge in [0.25, 0.3) is 15.6 Å². The lowest BCUT2D eigenvalue weighted by Crippen LogP contribution is -2.37. The van der Waals surface area contributed by atoms with Crippen LogP contribution in [0.5, 0.6) is 0 Å². The van der Waals surface area contributed by atoms with Crippen LogP contribution < -0.4 is 11.2 Å². The molecule has 0 saturated heterocycles. The Morgan fingerprint density at radius 1 is 1.16 bits per heavy atom. The lowest BCUT2D eigenvalue weighted by atomic mass is 9.97. The summed E-state index contributed by atoms with van der Waals surface area (Å²) >= 11 is 1.19. The van der Waals surface area contributed by atoms with E-state index in [4.69, 9.17) is 0 Å². The third-order valence-corrected chi connectivity index (χ3v) is 8.95. The second-order valence-electron chi connectivity index (χ2n) is 7.56. The third kappa shape index (κ3) is 4.41. The van der Waals surface area contributed by atoms with Gasteiger partial charge in [0.05, 0.1) is 10.6 Å². The van der Waals surface area contributed by atoms with E-state index in [9.17, 15) is 18.0 Å². The molecule has 0 bridgehead atoms. The predicted molar refractivity (Wildman–Crippen MR) is 120 cm³/mol. The van der Waals surface area contributed by atoms with Gasteiger partial charge in [0.2, 0.25) is 0 Å². The average molecular weight is 461 g/mol. The molecule has 3 heterocycles. The van der Waals surface area contributed by atoms with Crippen LogP contribution in [0.3, 0.4) is 0 Å². The van der Waals surface area contributed by atoms with Crippen LogP contribution in [-0.4, -0.2) is 40.9 Å². The van der Waals surface area contributed by atoms with Crippen LogP contribution >= 0.6 is 11.3 Å². The van der Waals surface area contributed by atoms with Crippen LogP contribution in [0.4, 0.5) is 0 Å². The lowest BCUT2D eigenvalue weighted by Gasteiger charge is -2.21. The molecule has 0 spiro atoms. The zero-order chi connectivity index (χ0) is 22.0. The predicted octanol–water partition coefficient (Wildman–Crippen LogP) is 2.25. The molecule has 0 amide bonds. The van der Waals surface area contributed by atoms with Crippen LogP contribution in [-0.2, 0) is 29.4 Å². The molecule has 3 aromatic heterocycles. The molecule has 0 atom stereocenters. The highest BCUT2D eigenvalue weighted by Crippen LogP contribution is 2.30. The number of sulfonamides is 1. The van der Waals surface area contributed by atoms with E-state index < -0.39 is 15.7 Å². The Balaban J connectivity index is 1.46. The van der Waals surface area contributed by atoms with Crippen LogP contribution in [0, 0.1) is 0 Å². The number of pyridine rings is 1. The van der Waals surface area contributed by atoms with E-state index >= 15 is 0 Å². The van der Waals surface area contributed by atoms with Crippen LogP contribution in [0.25, 0.3) is 10.6 Å². The van der Waals surface area contributed by atoms with Crippen LogP contribution in [0.15, 0.2) is 50.3 Å². The Kier molecular flexibility index (Phi) is 6.22. The Labute approximate surface area is 184 Å². The van der Waals surface area contributed by atoms with Crippen molar-refractivity contribution in [3.8, 4) is 10.6 Å². The first-order chi connectivity index (χ1) is 14.9. The fraction of sp³-hybridized carbons (Fsp3) is 0.381. The monoisotopic (exact) mass is 460 g/mol. The highest BCUT2D eigenvalue weighted by molar-refractivity contribution is 7.91. The minimum Gasteiger partial charge on any atom is -0.297 e. The van der Waals surface area contributed by atoms with Crippen molar-refractivity contribution in [2.45, 2.75) is 42.9 Å². The summed E-state index contributed by atoms with van der Waals surface area (Å²) in [5.74, 6) is 0. The smallest absolute Gasteiger partial charge is 0.297 e. The maximum absolute atomic E-state index is 13.0. The van der Waals surface area contributed by atoms with Crippen molar-refractivity contribution in [1.82, 2.24) is 18.8 Å². The minimum absolute atomic E-state index is 0.259. The Bertz CT molecular complexity index is 1290. The number of H-pyrrole nitrogens is 1. The molecule has 1 N–H and O–H groups in total. The molecular formula is C21H24N4O4S2. The fourth-order valence-corrected chi connectivity index (χ4v) is 6.56. The number of nitrogens with one attached hydrogen (secondary N) is 1. The number of aromatic amines is 1. The van der Waals surface area contributed by atoms with Gasteiger partial charge in [-0.1, -0.05) is 6.07 Å². The molecule has 1 aliphatic rings. The molecule has 0 saturated carbocycles. The van der Waals surface area contributed by atoms with Gasteiger partial charge in [0.15, 0.2) is 0 Å². The number of rotatable bonds is 7. The summed E-state index contributed by atoms with van der Waals surface area (Å²) < 4.78 is 29.1. The van der Waals surface area contributed by atoms with Gasteiger partial charge in [-0.15, -0.1) is 11.3 Å². The average Bonchev–Trinajstić information content (AvgIpc) is 3.28. The molecule has 4 rings (SSSR count). The van der Waals surface area contributed by atoms with Gasteiger partial charge in [-0.05, 0) is 56.4 Å². The lowest BCUT2D eigenvalue weighted by molar-refractivity contribution is 0.437. The SMILES string of the molecule is CN(CCCn1c2c(c(=O)[nH]c1=O)CCCC2)S(=O)(=O)c1ccc(-c2ccccn2)s1. The van der Waals surface area contributed by atoms with Crippen molar-refractivity contribution in [2.24, 2.45) is 0 Å². The molecule has 3 aromatic rings. The maximum Gasteiger partial charge on any atom is 0.328 e. The second kappa shape index (κ2) is 8.89. The number of hydrogen-bond donors (Lipinski definition) is 1. The molecule has 0 aliphatic heterocycles. The first-order valence-corrected chi connectivity index (χ1v) is 12.5. The fourth-order valence-electron chi connectivity index (χ4n) is 3.86. The molecule has 0 aromatic carbocycles. The van der Waals surface area contributed by atoms with E-state index in [-0.39, 0.29) is 16.3 Å². The second-order valence-corrected chi connectivity index (χ2v) is 10.9. The summed E-state index contributed by atoms with van der Waals surface area (Å²) in [6.45, 7) is 0.626.